The molecule has 0 fully saturated rings. The minimum absolute atomic E-state index is 0.201. The van der Waals surface area contributed by atoms with Gasteiger partial charge in [-0.2, -0.15) is 13.2 Å². The van der Waals surface area contributed by atoms with Crippen LogP contribution in [0, 0.1) is 0 Å². The number of nitrogens with one attached hydrogen (secondary N) is 1. The molecule has 1 N–H and O–H groups in total. The van der Waals surface area contributed by atoms with Gasteiger partial charge in [-0.1, -0.05) is 18.5 Å². The van der Waals surface area contributed by atoms with Crippen LogP contribution in [0.1, 0.15) is 18.9 Å². The molecule has 1 rings (SSSR count). The standard InChI is InChI=1S/C13H17ClF3NO/c1-3-6-18-12(13(15,16)17)8-9-7-10(14)4-5-11(9)19-2/h4-5,7,12,18H,3,6,8H2,1-2H3. The smallest absolute Gasteiger partial charge is 0.404 e. The molecular weight excluding hydrogens is 279 g/mol. The second-order valence-corrected chi connectivity index (χ2v) is 4.65. The van der Waals surface area contributed by atoms with Gasteiger partial charge in [0.2, 0.25) is 0 Å². The van der Waals surface area contributed by atoms with Crippen LogP contribution < -0.4 is 10.1 Å². The normalized spacial score (nSPS) is 13.4. The number of hydrogen-bond acceptors (Lipinski definition) is 2. The highest BCUT2D eigenvalue weighted by atomic mass is 35.5. The minimum atomic E-state index is -4.30. The Morgan fingerprint density at radius 1 is 1.37 bits per heavy atom. The van der Waals surface area contributed by atoms with Crippen molar-refractivity contribution in [2.24, 2.45) is 0 Å². The zero-order valence-corrected chi connectivity index (χ0v) is 11.6. The van der Waals surface area contributed by atoms with Gasteiger partial charge < -0.3 is 10.1 Å². The number of rotatable bonds is 6. The Morgan fingerprint density at radius 3 is 2.58 bits per heavy atom. The average molecular weight is 296 g/mol. The molecule has 19 heavy (non-hydrogen) atoms. The Kier molecular flexibility index (Phi) is 5.94. The van der Waals surface area contributed by atoms with E-state index < -0.39 is 12.2 Å². The van der Waals surface area contributed by atoms with Crippen molar-refractivity contribution in [1.29, 1.82) is 0 Å². The van der Waals surface area contributed by atoms with Crippen molar-refractivity contribution in [2.75, 3.05) is 13.7 Å². The van der Waals surface area contributed by atoms with Crippen LogP contribution in [0.5, 0.6) is 5.75 Å². The third kappa shape index (κ3) is 4.91. The number of hydrogen-bond donors (Lipinski definition) is 1. The zero-order chi connectivity index (χ0) is 14.5. The van der Waals surface area contributed by atoms with Crippen LogP contribution in [0.25, 0.3) is 0 Å². The van der Waals surface area contributed by atoms with Crippen LogP contribution in [0.4, 0.5) is 13.2 Å². The largest absolute Gasteiger partial charge is 0.496 e. The van der Waals surface area contributed by atoms with Gasteiger partial charge in [-0.15, -0.1) is 0 Å². The molecule has 0 bridgehead atoms. The Morgan fingerprint density at radius 2 is 2.05 bits per heavy atom. The molecule has 6 heteroatoms. The van der Waals surface area contributed by atoms with Crippen molar-refractivity contribution in [1.82, 2.24) is 5.32 Å². The molecule has 0 aliphatic rings. The fraction of sp³-hybridized carbons (Fsp3) is 0.538. The maximum Gasteiger partial charge on any atom is 0.404 e. The number of alkyl halides is 3. The molecule has 0 aliphatic carbocycles. The molecule has 0 aliphatic heterocycles. The summed E-state index contributed by atoms with van der Waals surface area (Å²) in [5.41, 5.74) is 0.445. The second-order valence-electron chi connectivity index (χ2n) is 4.21. The highest BCUT2D eigenvalue weighted by Gasteiger charge is 2.39. The van der Waals surface area contributed by atoms with Gasteiger partial charge in [0.1, 0.15) is 11.8 Å². The molecule has 0 aromatic heterocycles. The first-order valence-corrected chi connectivity index (χ1v) is 6.38. The fourth-order valence-electron chi connectivity index (χ4n) is 1.75. The highest BCUT2D eigenvalue weighted by molar-refractivity contribution is 6.30. The van der Waals surface area contributed by atoms with Gasteiger partial charge in [-0.25, -0.2) is 0 Å². The summed E-state index contributed by atoms with van der Waals surface area (Å²) < 4.78 is 43.9. The van der Waals surface area contributed by atoms with Gasteiger partial charge in [0, 0.05) is 11.4 Å². The van der Waals surface area contributed by atoms with E-state index in [-0.39, 0.29) is 6.42 Å². The van der Waals surface area contributed by atoms with Crippen molar-refractivity contribution >= 4 is 11.6 Å². The van der Waals surface area contributed by atoms with E-state index in [4.69, 9.17) is 16.3 Å². The van der Waals surface area contributed by atoms with Crippen molar-refractivity contribution in [3.63, 3.8) is 0 Å². The second kappa shape index (κ2) is 7.01. The van der Waals surface area contributed by atoms with E-state index >= 15 is 0 Å². The summed E-state index contributed by atoms with van der Waals surface area (Å²) in [5.74, 6) is 0.414. The van der Waals surface area contributed by atoms with Crippen molar-refractivity contribution in [3.8, 4) is 5.75 Å². The van der Waals surface area contributed by atoms with Gasteiger partial charge in [-0.05, 0) is 36.7 Å². The lowest BCUT2D eigenvalue weighted by atomic mass is 10.0. The molecule has 0 saturated heterocycles. The maximum absolute atomic E-state index is 12.9. The first-order chi connectivity index (χ1) is 8.88. The van der Waals surface area contributed by atoms with Crippen molar-refractivity contribution in [2.45, 2.75) is 32.0 Å². The van der Waals surface area contributed by atoms with Crippen LogP contribution in [-0.4, -0.2) is 25.9 Å². The molecule has 0 saturated carbocycles. The van der Waals surface area contributed by atoms with Gasteiger partial charge in [0.25, 0.3) is 0 Å². The van der Waals surface area contributed by atoms with Crippen molar-refractivity contribution < 1.29 is 17.9 Å². The van der Waals surface area contributed by atoms with E-state index in [1.165, 1.54) is 13.2 Å². The third-order valence-electron chi connectivity index (χ3n) is 2.70. The molecule has 0 spiro atoms. The fourth-order valence-corrected chi connectivity index (χ4v) is 1.94. The average Bonchev–Trinajstić information content (AvgIpc) is 2.33. The van der Waals surface area contributed by atoms with Crippen molar-refractivity contribution in [3.05, 3.63) is 28.8 Å². The van der Waals surface area contributed by atoms with Gasteiger partial charge >= 0.3 is 6.18 Å². The zero-order valence-electron chi connectivity index (χ0n) is 10.9. The lowest BCUT2D eigenvalue weighted by Gasteiger charge is -2.22. The summed E-state index contributed by atoms with van der Waals surface area (Å²) in [5, 5.41) is 2.90. The number of ether oxygens (including phenoxy) is 1. The Labute approximate surface area is 115 Å². The molecule has 1 aromatic rings. The topological polar surface area (TPSA) is 21.3 Å². The molecule has 108 valence electrons. The summed E-state index contributed by atoms with van der Waals surface area (Å²) in [7, 11) is 1.43. The number of benzene rings is 1. The lowest BCUT2D eigenvalue weighted by molar-refractivity contribution is -0.155. The van der Waals surface area contributed by atoms with Crippen LogP contribution in [0.3, 0.4) is 0 Å². The van der Waals surface area contributed by atoms with Gasteiger partial charge in [0.05, 0.1) is 7.11 Å². The monoisotopic (exact) mass is 295 g/mol. The number of halogens is 4. The molecular formula is C13H17ClF3NO. The summed E-state index contributed by atoms with van der Waals surface area (Å²) in [6, 6.07) is 3.07. The first kappa shape index (κ1) is 16.1. The van der Waals surface area contributed by atoms with Gasteiger partial charge in [0.15, 0.2) is 0 Å². The van der Waals surface area contributed by atoms with E-state index in [1.54, 1.807) is 12.1 Å². The third-order valence-corrected chi connectivity index (χ3v) is 2.94. The Balaban J connectivity index is 2.92. The van der Waals surface area contributed by atoms with E-state index in [0.717, 1.165) is 0 Å². The number of methoxy groups -OCH3 is 1. The van der Waals surface area contributed by atoms with Crippen LogP contribution in [0.2, 0.25) is 5.02 Å². The molecule has 0 amide bonds. The summed E-state index contributed by atoms with van der Waals surface area (Å²) in [4.78, 5) is 0. The SMILES string of the molecule is CCCNC(Cc1cc(Cl)ccc1OC)C(F)(F)F. The maximum atomic E-state index is 12.9. The Hall–Kier alpha value is -0.940. The van der Waals surface area contributed by atoms with Crippen LogP contribution in [-0.2, 0) is 6.42 Å². The van der Waals surface area contributed by atoms with E-state index in [0.29, 0.717) is 29.3 Å². The molecule has 1 atom stereocenters. The molecule has 0 radical (unpaired) electrons. The molecule has 0 heterocycles. The molecule has 2 nitrogen and oxygen atoms in total. The predicted octanol–water partition coefficient (Wildman–Crippen LogP) is 3.82. The predicted molar refractivity (Wildman–Crippen MR) is 69.8 cm³/mol. The van der Waals surface area contributed by atoms with Gasteiger partial charge in [-0.3, -0.25) is 0 Å². The van der Waals surface area contributed by atoms with Crippen LogP contribution in [0.15, 0.2) is 18.2 Å². The Bertz CT molecular complexity index is 409. The van der Waals surface area contributed by atoms with Crippen LogP contribution >= 0.6 is 11.6 Å². The minimum Gasteiger partial charge on any atom is -0.496 e. The molecule has 1 unspecified atom stereocenters. The van der Waals surface area contributed by atoms with E-state index in [2.05, 4.69) is 5.32 Å². The highest BCUT2D eigenvalue weighted by Crippen LogP contribution is 2.29. The lowest BCUT2D eigenvalue weighted by Crippen LogP contribution is -2.44. The van der Waals surface area contributed by atoms with E-state index in [9.17, 15) is 13.2 Å². The summed E-state index contributed by atoms with van der Waals surface area (Å²) in [6.07, 6.45) is -3.87. The summed E-state index contributed by atoms with van der Waals surface area (Å²) >= 11 is 5.82. The first-order valence-electron chi connectivity index (χ1n) is 6.01. The summed E-state index contributed by atoms with van der Waals surface area (Å²) in [6.45, 7) is 2.13. The molecule has 1 aromatic carbocycles. The quantitative estimate of drug-likeness (QED) is 0.861. The van der Waals surface area contributed by atoms with E-state index in [1.807, 2.05) is 6.92 Å².